The summed E-state index contributed by atoms with van der Waals surface area (Å²) in [6.07, 6.45) is 2.59. The van der Waals surface area contributed by atoms with Gasteiger partial charge in [-0.25, -0.2) is 4.98 Å². The molecule has 3 N–H and O–H groups in total. The summed E-state index contributed by atoms with van der Waals surface area (Å²) in [5.74, 6) is -0.822. The van der Waals surface area contributed by atoms with Crippen LogP contribution in [0.5, 0.6) is 0 Å². The summed E-state index contributed by atoms with van der Waals surface area (Å²) in [5.41, 5.74) is 6.64. The molecule has 0 atom stereocenters. The Kier molecular flexibility index (Phi) is 3.79. The van der Waals surface area contributed by atoms with Crippen molar-refractivity contribution in [3.05, 3.63) is 42.1 Å². The Balaban J connectivity index is 2.20. The number of nitrogens with two attached hydrogens (primary N) is 1. The van der Waals surface area contributed by atoms with Crippen molar-refractivity contribution in [1.82, 2.24) is 9.55 Å². The van der Waals surface area contributed by atoms with Crippen LogP contribution in [0.3, 0.4) is 0 Å². The number of aryl methyl sites for hydroxylation is 1. The van der Waals surface area contributed by atoms with Gasteiger partial charge in [0.2, 0.25) is 5.95 Å². The topological polar surface area (TPSA) is 72.9 Å². The summed E-state index contributed by atoms with van der Waals surface area (Å²) >= 11 is 0. The van der Waals surface area contributed by atoms with E-state index < -0.39 is 5.95 Å². The molecule has 0 aromatic carbocycles. The average molecular weight is 262 g/mol. The van der Waals surface area contributed by atoms with Gasteiger partial charge >= 0.3 is 0 Å². The van der Waals surface area contributed by atoms with E-state index in [1.54, 1.807) is 16.8 Å². The molecular formula is C13H15FN4O. The van der Waals surface area contributed by atoms with Crippen LogP contribution in [0.2, 0.25) is 0 Å². The predicted octanol–water partition coefficient (Wildman–Crippen LogP) is 2.27. The van der Waals surface area contributed by atoms with Crippen molar-refractivity contribution < 1.29 is 9.18 Å². The maximum Gasteiger partial charge on any atom is 0.273 e. The first-order valence-electron chi connectivity index (χ1n) is 5.99. The van der Waals surface area contributed by atoms with Crippen LogP contribution in [-0.4, -0.2) is 15.5 Å². The van der Waals surface area contributed by atoms with Crippen LogP contribution in [0.25, 0.3) is 0 Å². The molecule has 2 aromatic rings. The number of amides is 1. The zero-order valence-corrected chi connectivity index (χ0v) is 10.6. The second-order valence-electron chi connectivity index (χ2n) is 4.15. The second kappa shape index (κ2) is 5.51. The van der Waals surface area contributed by atoms with Crippen molar-refractivity contribution in [2.75, 3.05) is 11.1 Å². The number of nitrogens with zero attached hydrogens (tertiary/aromatic N) is 2. The lowest BCUT2D eigenvalue weighted by molar-refractivity contribution is 0.101. The standard InChI is InChI=1S/C13H15FN4O/c1-2-6-18-8-9(15)7-10(18)13(19)17-12-5-3-4-11(14)16-12/h3-5,7-8H,2,6,15H2,1H3,(H,16,17,19). The number of anilines is 2. The number of hydrogen-bond acceptors (Lipinski definition) is 3. The minimum atomic E-state index is -0.638. The van der Waals surface area contributed by atoms with Gasteiger partial charge in [0.25, 0.3) is 5.91 Å². The third-order valence-electron chi connectivity index (χ3n) is 2.57. The fourth-order valence-corrected chi connectivity index (χ4v) is 1.81. The molecule has 0 radical (unpaired) electrons. The Morgan fingerprint density at radius 3 is 3.00 bits per heavy atom. The van der Waals surface area contributed by atoms with Crippen LogP contribution >= 0.6 is 0 Å². The third kappa shape index (κ3) is 3.09. The van der Waals surface area contributed by atoms with Gasteiger partial charge in [-0.05, 0) is 24.6 Å². The molecule has 0 spiro atoms. The Labute approximate surface area is 110 Å². The Morgan fingerprint density at radius 1 is 1.53 bits per heavy atom. The van der Waals surface area contributed by atoms with Crippen LogP contribution in [0.4, 0.5) is 15.9 Å². The second-order valence-corrected chi connectivity index (χ2v) is 4.15. The SMILES string of the molecule is CCCn1cc(N)cc1C(=O)Nc1cccc(F)n1. The predicted molar refractivity (Wildman–Crippen MR) is 71.3 cm³/mol. The lowest BCUT2D eigenvalue weighted by Gasteiger charge is -2.07. The van der Waals surface area contributed by atoms with E-state index in [2.05, 4.69) is 10.3 Å². The molecule has 0 aliphatic carbocycles. The van der Waals surface area contributed by atoms with Crippen molar-refractivity contribution in [1.29, 1.82) is 0 Å². The molecule has 0 bridgehead atoms. The summed E-state index contributed by atoms with van der Waals surface area (Å²) < 4.78 is 14.7. The number of carbonyl (C=O) groups is 1. The van der Waals surface area contributed by atoms with Crippen molar-refractivity contribution in [2.45, 2.75) is 19.9 Å². The summed E-state index contributed by atoms with van der Waals surface area (Å²) in [5, 5.41) is 2.54. The van der Waals surface area contributed by atoms with Gasteiger partial charge in [0.15, 0.2) is 0 Å². The van der Waals surface area contributed by atoms with Gasteiger partial charge < -0.3 is 15.6 Å². The summed E-state index contributed by atoms with van der Waals surface area (Å²) in [6.45, 7) is 2.70. The molecule has 0 saturated heterocycles. The van der Waals surface area contributed by atoms with Gasteiger partial charge in [0.1, 0.15) is 11.5 Å². The number of halogens is 1. The molecule has 0 unspecified atom stereocenters. The molecule has 5 nitrogen and oxygen atoms in total. The molecule has 2 aromatic heterocycles. The van der Waals surface area contributed by atoms with Gasteiger partial charge in [-0.2, -0.15) is 4.39 Å². The Morgan fingerprint density at radius 2 is 2.32 bits per heavy atom. The van der Waals surface area contributed by atoms with Crippen LogP contribution in [0, 0.1) is 5.95 Å². The fraction of sp³-hybridized carbons (Fsp3) is 0.231. The number of nitrogen functional groups attached to an aromatic ring is 1. The van der Waals surface area contributed by atoms with Crippen molar-refractivity contribution in [3.8, 4) is 0 Å². The van der Waals surface area contributed by atoms with E-state index >= 15 is 0 Å². The minimum absolute atomic E-state index is 0.174. The normalized spacial score (nSPS) is 10.4. The van der Waals surface area contributed by atoms with Gasteiger partial charge in [-0.1, -0.05) is 13.0 Å². The molecule has 6 heteroatoms. The third-order valence-corrected chi connectivity index (χ3v) is 2.57. The number of carbonyl (C=O) groups excluding carboxylic acids is 1. The summed E-state index contributed by atoms with van der Waals surface area (Å²) in [6, 6.07) is 5.81. The van der Waals surface area contributed by atoms with E-state index in [0.29, 0.717) is 17.9 Å². The molecule has 0 aliphatic heterocycles. The molecular weight excluding hydrogens is 247 g/mol. The first kappa shape index (κ1) is 13.1. The van der Waals surface area contributed by atoms with Crippen LogP contribution in [0.15, 0.2) is 30.5 Å². The van der Waals surface area contributed by atoms with Crippen molar-refractivity contribution in [2.24, 2.45) is 0 Å². The molecule has 19 heavy (non-hydrogen) atoms. The number of hydrogen-bond donors (Lipinski definition) is 2. The highest BCUT2D eigenvalue weighted by Crippen LogP contribution is 2.13. The van der Waals surface area contributed by atoms with Crippen molar-refractivity contribution >= 4 is 17.4 Å². The fourth-order valence-electron chi connectivity index (χ4n) is 1.81. The van der Waals surface area contributed by atoms with E-state index in [0.717, 1.165) is 6.42 Å². The van der Waals surface area contributed by atoms with E-state index in [9.17, 15) is 9.18 Å². The highest BCUT2D eigenvalue weighted by atomic mass is 19.1. The minimum Gasteiger partial charge on any atom is -0.397 e. The summed E-state index contributed by atoms with van der Waals surface area (Å²) in [7, 11) is 0. The molecule has 2 heterocycles. The molecule has 2 rings (SSSR count). The van der Waals surface area contributed by atoms with Crippen LogP contribution < -0.4 is 11.1 Å². The highest BCUT2D eigenvalue weighted by molar-refractivity contribution is 6.03. The lowest BCUT2D eigenvalue weighted by atomic mass is 10.3. The maximum atomic E-state index is 12.9. The average Bonchev–Trinajstić information content (AvgIpc) is 2.71. The van der Waals surface area contributed by atoms with Crippen LogP contribution in [-0.2, 0) is 6.54 Å². The Bertz CT molecular complexity index is 594. The quantitative estimate of drug-likeness (QED) is 0.830. The number of aromatic nitrogens is 2. The van der Waals surface area contributed by atoms with Crippen molar-refractivity contribution in [3.63, 3.8) is 0 Å². The van der Waals surface area contributed by atoms with Gasteiger partial charge in [0.05, 0.1) is 5.69 Å². The molecule has 0 fully saturated rings. The Hall–Kier alpha value is -2.37. The zero-order valence-electron chi connectivity index (χ0n) is 10.6. The lowest BCUT2D eigenvalue weighted by Crippen LogP contribution is -2.17. The van der Waals surface area contributed by atoms with Gasteiger partial charge in [0, 0.05) is 12.7 Å². The molecule has 0 saturated carbocycles. The van der Waals surface area contributed by atoms with Gasteiger partial charge in [-0.3, -0.25) is 4.79 Å². The highest BCUT2D eigenvalue weighted by Gasteiger charge is 2.13. The number of rotatable bonds is 4. The van der Waals surface area contributed by atoms with E-state index in [4.69, 9.17) is 5.73 Å². The monoisotopic (exact) mass is 262 g/mol. The maximum absolute atomic E-state index is 12.9. The molecule has 100 valence electrons. The van der Waals surface area contributed by atoms with E-state index in [1.807, 2.05) is 6.92 Å². The first-order valence-corrected chi connectivity index (χ1v) is 5.99. The first-order chi connectivity index (χ1) is 9.10. The smallest absolute Gasteiger partial charge is 0.273 e. The largest absolute Gasteiger partial charge is 0.397 e. The van der Waals surface area contributed by atoms with Crippen LogP contribution in [0.1, 0.15) is 23.8 Å². The number of nitrogens with one attached hydrogen (secondary N) is 1. The number of pyridine rings is 1. The zero-order chi connectivity index (χ0) is 13.8. The molecule has 0 aliphatic rings. The summed E-state index contributed by atoms with van der Waals surface area (Å²) in [4.78, 5) is 15.7. The van der Waals surface area contributed by atoms with Gasteiger partial charge in [-0.15, -0.1) is 0 Å². The van der Waals surface area contributed by atoms with E-state index in [-0.39, 0.29) is 11.7 Å². The molecule has 1 amide bonds. The van der Waals surface area contributed by atoms with E-state index in [1.165, 1.54) is 18.2 Å².